The van der Waals surface area contributed by atoms with Gasteiger partial charge in [-0.05, 0) is 49.6 Å². The average Bonchev–Trinajstić information content (AvgIpc) is 3.52. The SMILES string of the molecule is COc1ccc(-c2nnc(SCC(=O)N(C)C(C)c3ccccc3)n2CC2CCCO2)cc1. The van der Waals surface area contributed by atoms with E-state index in [0.717, 1.165) is 47.3 Å². The van der Waals surface area contributed by atoms with Crippen molar-refractivity contribution in [1.29, 1.82) is 0 Å². The van der Waals surface area contributed by atoms with Gasteiger partial charge in [0.1, 0.15) is 5.75 Å². The number of hydrogen-bond donors (Lipinski definition) is 0. The van der Waals surface area contributed by atoms with Crippen LogP contribution in [0.3, 0.4) is 0 Å². The quantitative estimate of drug-likeness (QED) is 0.434. The number of methoxy groups -OCH3 is 1. The zero-order valence-corrected chi connectivity index (χ0v) is 20.1. The average molecular weight is 467 g/mol. The fourth-order valence-electron chi connectivity index (χ4n) is 3.90. The summed E-state index contributed by atoms with van der Waals surface area (Å²) in [5.41, 5.74) is 2.07. The van der Waals surface area contributed by atoms with Crippen molar-refractivity contribution >= 4 is 17.7 Å². The maximum absolute atomic E-state index is 12.9. The van der Waals surface area contributed by atoms with E-state index in [1.807, 2.05) is 68.6 Å². The van der Waals surface area contributed by atoms with Crippen molar-refractivity contribution < 1.29 is 14.3 Å². The van der Waals surface area contributed by atoms with Gasteiger partial charge in [0.15, 0.2) is 11.0 Å². The molecule has 2 unspecified atom stereocenters. The van der Waals surface area contributed by atoms with Crippen LogP contribution in [0.15, 0.2) is 59.8 Å². The molecule has 1 aliphatic heterocycles. The minimum absolute atomic E-state index is 0.00100. The van der Waals surface area contributed by atoms with Crippen molar-refractivity contribution in [3.63, 3.8) is 0 Å². The lowest BCUT2D eigenvalue weighted by atomic mass is 10.1. The van der Waals surface area contributed by atoms with E-state index >= 15 is 0 Å². The van der Waals surface area contributed by atoms with Crippen LogP contribution < -0.4 is 4.74 Å². The van der Waals surface area contributed by atoms with Gasteiger partial charge in [0.05, 0.1) is 31.6 Å². The number of amides is 1. The van der Waals surface area contributed by atoms with Crippen molar-refractivity contribution in [2.75, 3.05) is 26.5 Å². The molecule has 1 aromatic heterocycles. The first kappa shape index (κ1) is 23.3. The Labute approximate surface area is 199 Å². The molecule has 1 amide bonds. The molecule has 33 heavy (non-hydrogen) atoms. The molecule has 174 valence electrons. The van der Waals surface area contributed by atoms with Crippen molar-refractivity contribution in [2.24, 2.45) is 0 Å². The molecule has 8 heteroatoms. The molecular weight excluding hydrogens is 436 g/mol. The summed E-state index contributed by atoms with van der Waals surface area (Å²) < 4.78 is 13.2. The van der Waals surface area contributed by atoms with Crippen LogP contribution in [0.4, 0.5) is 0 Å². The monoisotopic (exact) mass is 466 g/mol. The van der Waals surface area contributed by atoms with Crippen molar-refractivity contribution in [2.45, 2.75) is 43.6 Å². The molecule has 2 heterocycles. The molecule has 0 N–H and O–H groups in total. The van der Waals surface area contributed by atoms with Gasteiger partial charge in [-0.1, -0.05) is 42.1 Å². The predicted molar refractivity (Wildman–Crippen MR) is 129 cm³/mol. The van der Waals surface area contributed by atoms with Gasteiger partial charge >= 0.3 is 0 Å². The van der Waals surface area contributed by atoms with Crippen LogP contribution in [0, 0.1) is 0 Å². The zero-order chi connectivity index (χ0) is 23.2. The normalized spacial score (nSPS) is 16.5. The van der Waals surface area contributed by atoms with E-state index in [2.05, 4.69) is 14.8 Å². The second-order valence-corrected chi connectivity index (χ2v) is 9.10. The van der Waals surface area contributed by atoms with Crippen molar-refractivity contribution in [3.05, 3.63) is 60.2 Å². The van der Waals surface area contributed by atoms with E-state index in [0.29, 0.717) is 12.3 Å². The summed E-state index contributed by atoms with van der Waals surface area (Å²) in [6.07, 6.45) is 2.21. The third kappa shape index (κ3) is 5.57. The van der Waals surface area contributed by atoms with Crippen molar-refractivity contribution in [3.8, 4) is 17.1 Å². The fraction of sp³-hybridized carbons (Fsp3) is 0.400. The molecule has 1 aliphatic rings. The minimum Gasteiger partial charge on any atom is -0.497 e. The summed E-state index contributed by atoms with van der Waals surface area (Å²) in [7, 11) is 3.50. The molecule has 0 saturated carbocycles. The Morgan fingerprint density at radius 3 is 2.64 bits per heavy atom. The summed E-state index contributed by atoms with van der Waals surface area (Å²) in [6.45, 7) is 3.49. The number of ether oxygens (including phenoxy) is 2. The van der Waals surface area contributed by atoms with Gasteiger partial charge in [0, 0.05) is 19.2 Å². The molecule has 1 fully saturated rings. The highest BCUT2D eigenvalue weighted by Gasteiger charge is 2.23. The van der Waals surface area contributed by atoms with Crippen LogP contribution in [0.1, 0.15) is 31.4 Å². The van der Waals surface area contributed by atoms with Gasteiger partial charge < -0.3 is 14.4 Å². The third-order valence-corrected chi connectivity index (χ3v) is 7.01. The lowest BCUT2D eigenvalue weighted by molar-refractivity contribution is -0.128. The fourth-order valence-corrected chi connectivity index (χ4v) is 4.78. The summed E-state index contributed by atoms with van der Waals surface area (Å²) >= 11 is 1.42. The van der Waals surface area contributed by atoms with Gasteiger partial charge in [0.2, 0.25) is 5.91 Å². The topological polar surface area (TPSA) is 69.5 Å². The number of carbonyl (C=O) groups excluding carboxylic acids is 1. The van der Waals surface area contributed by atoms with E-state index in [4.69, 9.17) is 9.47 Å². The molecule has 0 aliphatic carbocycles. The van der Waals surface area contributed by atoms with E-state index < -0.39 is 0 Å². The highest BCUT2D eigenvalue weighted by atomic mass is 32.2. The molecule has 4 rings (SSSR count). The van der Waals surface area contributed by atoms with Crippen LogP contribution in [0.5, 0.6) is 5.75 Å². The lowest BCUT2D eigenvalue weighted by Gasteiger charge is -2.25. The van der Waals surface area contributed by atoms with Crippen LogP contribution >= 0.6 is 11.8 Å². The Balaban J connectivity index is 1.50. The van der Waals surface area contributed by atoms with Gasteiger partial charge in [-0.3, -0.25) is 9.36 Å². The summed E-state index contributed by atoms with van der Waals surface area (Å²) in [5, 5.41) is 9.62. The van der Waals surface area contributed by atoms with E-state index in [1.54, 1.807) is 12.0 Å². The first-order valence-corrected chi connectivity index (χ1v) is 12.2. The number of rotatable bonds is 9. The van der Waals surface area contributed by atoms with Crippen LogP contribution in [0.25, 0.3) is 11.4 Å². The maximum atomic E-state index is 12.9. The van der Waals surface area contributed by atoms with Crippen LogP contribution in [0.2, 0.25) is 0 Å². The van der Waals surface area contributed by atoms with Crippen LogP contribution in [-0.2, 0) is 16.1 Å². The Morgan fingerprint density at radius 1 is 1.21 bits per heavy atom. The van der Waals surface area contributed by atoms with E-state index in [-0.39, 0.29) is 18.1 Å². The smallest absolute Gasteiger partial charge is 0.233 e. The minimum atomic E-state index is -0.00100. The summed E-state index contributed by atoms with van der Waals surface area (Å²) in [5.74, 6) is 1.91. The molecule has 1 saturated heterocycles. The molecule has 0 bridgehead atoms. The number of carbonyl (C=O) groups is 1. The second-order valence-electron chi connectivity index (χ2n) is 8.16. The number of hydrogen-bond acceptors (Lipinski definition) is 6. The molecule has 2 aromatic carbocycles. The number of benzene rings is 2. The van der Waals surface area contributed by atoms with Gasteiger partial charge in [-0.25, -0.2) is 0 Å². The number of nitrogens with zero attached hydrogens (tertiary/aromatic N) is 4. The summed E-state index contributed by atoms with van der Waals surface area (Å²) in [4.78, 5) is 14.7. The molecular formula is C25H30N4O3S. The molecule has 3 aromatic rings. The lowest BCUT2D eigenvalue weighted by Crippen LogP contribution is -2.31. The molecule has 2 atom stereocenters. The number of aromatic nitrogens is 3. The maximum Gasteiger partial charge on any atom is 0.233 e. The Morgan fingerprint density at radius 2 is 1.97 bits per heavy atom. The first-order chi connectivity index (χ1) is 16.1. The van der Waals surface area contributed by atoms with Gasteiger partial charge in [0.25, 0.3) is 0 Å². The van der Waals surface area contributed by atoms with Gasteiger partial charge in [-0.2, -0.15) is 0 Å². The van der Waals surface area contributed by atoms with Crippen LogP contribution in [-0.4, -0.2) is 58.2 Å². The van der Waals surface area contributed by atoms with Crippen molar-refractivity contribution in [1.82, 2.24) is 19.7 Å². The standard InChI is InChI=1S/C25H30N4O3S/c1-18(19-8-5-4-6-9-19)28(2)23(30)17-33-25-27-26-24(20-11-13-21(31-3)14-12-20)29(25)16-22-10-7-15-32-22/h4-6,8-9,11-14,18,22H,7,10,15-17H2,1-3H3. The van der Waals surface area contributed by atoms with E-state index in [1.165, 1.54) is 11.8 Å². The Hall–Kier alpha value is -2.84. The summed E-state index contributed by atoms with van der Waals surface area (Å²) in [6, 6.07) is 17.8. The Bertz CT molecular complexity index is 1050. The molecule has 0 spiro atoms. The van der Waals surface area contributed by atoms with Gasteiger partial charge in [-0.15, -0.1) is 10.2 Å². The molecule has 7 nitrogen and oxygen atoms in total. The Kier molecular flexibility index (Phi) is 7.67. The zero-order valence-electron chi connectivity index (χ0n) is 19.3. The van der Waals surface area contributed by atoms with E-state index in [9.17, 15) is 4.79 Å². The first-order valence-electron chi connectivity index (χ1n) is 11.2. The second kappa shape index (κ2) is 10.9. The highest BCUT2D eigenvalue weighted by Crippen LogP contribution is 2.28. The predicted octanol–water partition coefficient (Wildman–Crippen LogP) is 4.44. The largest absolute Gasteiger partial charge is 0.497 e. The highest BCUT2D eigenvalue weighted by molar-refractivity contribution is 7.99. The molecule has 0 radical (unpaired) electrons. The number of thioether (sulfide) groups is 1. The third-order valence-electron chi connectivity index (χ3n) is 6.06.